The van der Waals surface area contributed by atoms with Crippen molar-refractivity contribution in [3.63, 3.8) is 0 Å². The van der Waals surface area contributed by atoms with E-state index in [-0.39, 0.29) is 5.60 Å². The van der Waals surface area contributed by atoms with Crippen LogP contribution in [-0.2, 0) is 13.9 Å². The number of hydrogen-bond donors (Lipinski definition) is 0. The zero-order valence-corrected chi connectivity index (χ0v) is 21.6. The molecular formula is C27H46O3Si. The van der Waals surface area contributed by atoms with Crippen molar-refractivity contribution < 1.29 is 13.9 Å². The molecular weight excluding hydrogens is 400 g/mol. The second-order valence-corrected chi connectivity index (χ2v) is 15.0. The van der Waals surface area contributed by atoms with Crippen molar-refractivity contribution in [2.45, 2.75) is 102 Å². The maximum Gasteiger partial charge on any atom is 0.193 e. The molecule has 0 radical (unpaired) electrons. The molecule has 0 N–H and O–H groups in total. The second-order valence-electron chi connectivity index (χ2n) is 10.3. The van der Waals surface area contributed by atoms with Crippen LogP contribution in [0, 0.1) is 17.8 Å². The Morgan fingerprint density at radius 3 is 2.23 bits per heavy atom. The van der Waals surface area contributed by atoms with Gasteiger partial charge in [0.2, 0.25) is 0 Å². The third kappa shape index (κ3) is 4.69. The SMILES string of the molecule is C=CC[C@@H]1CCC[C@@]1(O[Si](CC)(CC)CC)C(=C)[C@@H]1CC2(CC[C@H]1C(=C)C)OCCO2. The van der Waals surface area contributed by atoms with Gasteiger partial charge in [0.25, 0.3) is 0 Å². The maximum atomic E-state index is 7.47. The Hall–Kier alpha value is -0.683. The van der Waals surface area contributed by atoms with Crippen LogP contribution in [-0.4, -0.2) is 32.9 Å². The molecule has 1 spiro atoms. The fourth-order valence-electron chi connectivity index (χ4n) is 6.72. The van der Waals surface area contributed by atoms with Crippen molar-refractivity contribution in [3.05, 3.63) is 37.0 Å². The second kappa shape index (κ2) is 10.1. The van der Waals surface area contributed by atoms with Crippen molar-refractivity contribution in [1.82, 2.24) is 0 Å². The van der Waals surface area contributed by atoms with Crippen LogP contribution >= 0.6 is 0 Å². The highest BCUT2D eigenvalue weighted by Gasteiger charge is 2.55. The molecule has 1 heterocycles. The standard InChI is InChI=1S/C27H46O3Si/c1-8-13-23-14-12-16-27(23,30-31(9-2,10-3)11-4)22(7)25-20-26(28-18-19-29-26)17-15-24(25)21(5)6/h8,23-25H,1,5,7,9-20H2,2-4,6H3/t23-,24+,25+,27-/m1/s1. The topological polar surface area (TPSA) is 27.7 Å². The minimum absolute atomic E-state index is 0.238. The normalized spacial score (nSPS) is 33.0. The Kier molecular flexibility index (Phi) is 8.10. The van der Waals surface area contributed by atoms with Gasteiger partial charge in [-0.25, -0.2) is 0 Å². The molecule has 4 atom stereocenters. The van der Waals surface area contributed by atoms with Gasteiger partial charge in [-0.05, 0) is 80.5 Å². The van der Waals surface area contributed by atoms with Crippen molar-refractivity contribution in [3.8, 4) is 0 Å². The molecule has 176 valence electrons. The average molecular weight is 447 g/mol. The number of allylic oxidation sites excluding steroid dienone is 2. The summed E-state index contributed by atoms with van der Waals surface area (Å²) in [6, 6.07) is 3.50. The van der Waals surface area contributed by atoms with E-state index in [1.807, 2.05) is 0 Å². The van der Waals surface area contributed by atoms with E-state index < -0.39 is 14.1 Å². The van der Waals surface area contributed by atoms with E-state index in [0.717, 1.165) is 32.1 Å². The van der Waals surface area contributed by atoms with Gasteiger partial charge in [-0.2, -0.15) is 0 Å². The Balaban J connectivity index is 2.01. The van der Waals surface area contributed by atoms with Gasteiger partial charge >= 0.3 is 0 Å². The van der Waals surface area contributed by atoms with Gasteiger partial charge in [-0.3, -0.25) is 0 Å². The summed E-state index contributed by atoms with van der Waals surface area (Å²) in [6.07, 6.45) is 9.49. The summed E-state index contributed by atoms with van der Waals surface area (Å²) < 4.78 is 19.8. The van der Waals surface area contributed by atoms with Crippen molar-refractivity contribution in [2.24, 2.45) is 17.8 Å². The van der Waals surface area contributed by atoms with Crippen LogP contribution in [0.3, 0.4) is 0 Å². The third-order valence-electron chi connectivity index (χ3n) is 8.83. The first-order valence-electron chi connectivity index (χ1n) is 12.7. The molecule has 0 bridgehead atoms. The van der Waals surface area contributed by atoms with Gasteiger partial charge in [0, 0.05) is 12.8 Å². The predicted octanol–water partition coefficient (Wildman–Crippen LogP) is 7.41. The molecule has 1 saturated heterocycles. The Labute approximate surface area is 192 Å². The minimum Gasteiger partial charge on any atom is -0.407 e. The van der Waals surface area contributed by atoms with Gasteiger partial charge in [-0.15, -0.1) is 6.58 Å². The molecule has 2 aliphatic carbocycles. The molecule has 3 rings (SSSR count). The Bertz CT molecular complexity index is 653. The first kappa shape index (κ1) is 24.9. The highest BCUT2D eigenvalue weighted by atomic mass is 28.4. The van der Waals surface area contributed by atoms with Gasteiger partial charge in [0.05, 0.1) is 18.8 Å². The molecule has 2 saturated carbocycles. The van der Waals surface area contributed by atoms with Crippen LogP contribution in [0.5, 0.6) is 0 Å². The van der Waals surface area contributed by atoms with Gasteiger partial charge < -0.3 is 13.9 Å². The van der Waals surface area contributed by atoms with Crippen molar-refractivity contribution >= 4 is 8.32 Å². The molecule has 4 heteroatoms. The van der Waals surface area contributed by atoms with Crippen LogP contribution in [0.15, 0.2) is 37.0 Å². The first-order chi connectivity index (χ1) is 14.8. The smallest absolute Gasteiger partial charge is 0.193 e. The highest BCUT2D eigenvalue weighted by Crippen LogP contribution is 2.55. The Morgan fingerprint density at radius 1 is 1.03 bits per heavy atom. The van der Waals surface area contributed by atoms with Gasteiger partial charge in [0.15, 0.2) is 14.1 Å². The summed E-state index contributed by atoms with van der Waals surface area (Å²) in [5.74, 6) is 0.773. The first-order valence-corrected chi connectivity index (χ1v) is 15.3. The van der Waals surface area contributed by atoms with E-state index >= 15 is 0 Å². The molecule has 0 amide bonds. The lowest BCUT2D eigenvalue weighted by atomic mass is 9.65. The van der Waals surface area contributed by atoms with E-state index in [4.69, 9.17) is 20.5 Å². The van der Waals surface area contributed by atoms with Crippen LogP contribution in [0.2, 0.25) is 18.1 Å². The number of ether oxygens (including phenoxy) is 2. The molecule has 31 heavy (non-hydrogen) atoms. The largest absolute Gasteiger partial charge is 0.407 e. The monoisotopic (exact) mass is 446 g/mol. The summed E-state index contributed by atoms with van der Waals surface area (Å²) in [4.78, 5) is 0. The van der Waals surface area contributed by atoms with Gasteiger partial charge in [-0.1, -0.05) is 45.6 Å². The van der Waals surface area contributed by atoms with Crippen LogP contribution in [0.25, 0.3) is 0 Å². The molecule has 0 aromatic rings. The van der Waals surface area contributed by atoms with Crippen LogP contribution < -0.4 is 0 Å². The summed E-state index contributed by atoms with van der Waals surface area (Å²) in [5, 5.41) is 0. The molecule has 3 aliphatic rings. The lowest BCUT2D eigenvalue weighted by Gasteiger charge is -2.51. The molecule has 0 aromatic carbocycles. The lowest BCUT2D eigenvalue weighted by Crippen LogP contribution is -2.53. The van der Waals surface area contributed by atoms with E-state index in [9.17, 15) is 0 Å². The van der Waals surface area contributed by atoms with Crippen LogP contribution in [0.1, 0.15) is 72.6 Å². The molecule has 3 fully saturated rings. The van der Waals surface area contributed by atoms with Crippen molar-refractivity contribution in [1.29, 1.82) is 0 Å². The third-order valence-corrected chi connectivity index (χ3v) is 13.5. The Morgan fingerprint density at radius 2 is 1.68 bits per heavy atom. The summed E-state index contributed by atoms with van der Waals surface area (Å²) in [7, 11) is -1.82. The zero-order chi connectivity index (χ0) is 22.7. The molecule has 3 nitrogen and oxygen atoms in total. The van der Waals surface area contributed by atoms with Crippen molar-refractivity contribution in [2.75, 3.05) is 13.2 Å². The fraction of sp³-hybridized carbons (Fsp3) is 0.778. The highest BCUT2D eigenvalue weighted by molar-refractivity contribution is 6.73. The summed E-state index contributed by atoms with van der Waals surface area (Å²) >= 11 is 0. The number of rotatable bonds is 10. The van der Waals surface area contributed by atoms with Gasteiger partial charge in [0.1, 0.15) is 0 Å². The van der Waals surface area contributed by atoms with Crippen LogP contribution in [0.4, 0.5) is 0 Å². The fourth-order valence-corrected chi connectivity index (χ4v) is 9.82. The van der Waals surface area contributed by atoms with E-state index in [1.54, 1.807) is 0 Å². The lowest BCUT2D eigenvalue weighted by molar-refractivity contribution is -0.191. The average Bonchev–Trinajstić information content (AvgIpc) is 3.39. The van der Waals surface area contributed by atoms with E-state index in [0.29, 0.717) is 31.0 Å². The van der Waals surface area contributed by atoms with E-state index in [1.165, 1.54) is 42.1 Å². The number of hydrogen-bond acceptors (Lipinski definition) is 3. The molecule has 0 unspecified atom stereocenters. The summed E-state index contributed by atoms with van der Waals surface area (Å²) in [6.45, 7) is 23.9. The molecule has 1 aliphatic heterocycles. The summed E-state index contributed by atoms with van der Waals surface area (Å²) in [5.41, 5.74) is 2.32. The zero-order valence-electron chi connectivity index (χ0n) is 20.6. The predicted molar refractivity (Wildman–Crippen MR) is 133 cm³/mol. The quantitative estimate of drug-likeness (QED) is 0.258. The maximum absolute atomic E-state index is 7.47. The van der Waals surface area contributed by atoms with E-state index in [2.05, 4.69) is 46.9 Å². The minimum atomic E-state index is -1.82. The molecule has 0 aromatic heterocycles.